The molecule has 1 fully saturated rings. The Labute approximate surface area is 104 Å². The highest BCUT2D eigenvalue weighted by Crippen LogP contribution is 2.49. The summed E-state index contributed by atoms with van der Waals surface area (Å²) in [5.41, 5.74) is 1.06. The zero-order valence-electron chi connectivity index (χ0n) is 8.87. The monoisotopic (exact) mass is 258 g/mol. The molecule has 0 spiro atoms. The fraction of sp³-hybridized carbons (Fsp3) is 0.417. The largest absolute Gasteiger partial charge is 0.466 e. The number of hydrogen-bond donors (Lipinski definition) is 0. The molecule has 0 amide bonds. The quantitative estimate of drug-likeness (QED) is 0.774. The van der Waals surface area contributed by atoms with E-state index in [1.165, 1.54) is 0 Å². The topological polar surface area (TPSA) is 26.3 Å². The first-order valence-electron chi connectivity index (χ1n) is 5.25. The van der Waals surface area contributed by atoms with Crippen molar-refractivity contribution in [1.82, 2.24) is 0 Å². The van der Waals surface area contributed by atoms with E-state index in [9.17, 15) is 4.79 Å². The van der Waals surface area contributed by atoms with Crippen LogP contribution in [0.1, 0.15) is 24.8 Å². The van der Waals surface area contributed by atoms with E-state index in [1.807, 2.05) is 19.1 Å². The smallest absolute Gasteiger partial charge is 0.309 e. The summed E-state index contributed by atoms with van der Waals surface area (Å²) in [7, 11) is 0. The Morgan fingerprint density at radius 1 is 1.44 bits per heavy atom. The van der Waals surface area contributed by atoms with Crippen LogP contribution in [-0.4, -0.2) is 12.6 Å². The van der Waals surface area contributed by atoms with Gasteiger partial charge in [0.15, 0.2) is 0 Å². The Hall–Kier alpha value is -0.730. The van der Waals surface area contributed by atoms with Crippen molar-refractivity contribution >= 4 is 29.2 Å². The minimum absolute atomic E-state index is 0.00260. The Balaban J connectivity index is 2.06. The molecular formula is C12H12Cl2O2. The summed E-state index contributed by atoms with van der Waals surface area (Å²) >= 11 is 11.8. The van der Waals surface area contributed by atoms with Gasteiger partial charge in [-0.1, -0.05) is 29.3 Å². The predicted molar refractivity (Wildman–Crippen MR) is 63.9 cm³/mol. The van der Waals surface area contributed by atoms with E-state index in [1.54, 1.807) is 6.07 Å². The molecule has 2 nitrogen and oxygen atoms in total. The maximum absolute atomic E-state index is 11.5. The van der Waals surface area contributed by atoms with Gasteiger partial charge >= 0.3 is 5.97 Å². The highest BCUT2D eigenvalue weighted by atomic mass is 35.5. The number of rotatable bonds is 3. The zero-order chi connectivity index (χ0) is 11.7. The maximum Gasteiger partial charge on any atom is 0.309 e. The summed E-state index contributed by atoms with van der Waals surface area (Å²) in [6.07, 6.45) is 0.844. The van der Waals surface area contributed by atoms with Gasteiger partial charge in [-0.25, -0.2) is 0 Å². The molecule has 0 radical (unpaired) electrons. The van der Waals surface area contributed by atoms with Gasteiger partial charge in [0.05, 0.1) is 22.6 Å². The van der Waals surface area contributed by atoms with Gasteiger partial charge in [-0.3, -0.25) is 4.79 Å². The number of esters is 1. The molecule has 0 heterocycles. The van der Waals surface area contributed by atoms with E-state index < -0.39 is 0 Å². The molecule has 0 saturated heterocycles. The minimum atomic E-state index is -0.112. The Morgan fingerprint density at radius 3 is 2.81 bits per heavy atom. The molecule has 0 aliphatic heterocycles. The number of benzene rings is 1. The van der Waals surface area contributed by atoms with Crippen molar-refractivity contribution in [3.8, 4) is 0 Å². The number of hydrogen-bond acceptors (Lipinski definition) is 2. The number of ether oxygens (including phenoxy) is 1. The average Bonchev–Trinajstić information content (AvgIpc) is 3.02. The number of halogens is 2. The van der Waals surface area contributed by atoms with Crippen LogP contribution in [0.3, 0.4) is 0 Å². The summed E-state index contributed by atoms with van der Waals surface area (Å²) in [5.74, 6) is 0.129. The van der Waals surface area contributed by atoms with Gasteiger partial charge in [0.2, 0.25) is 0 Å². The van der Waals surface area contributed by atoms with Gasteiger partial charge in [-0.05, 0) is 37.0 Å². The zero-order valence-corrected chi connectivity index (χ0v) is 10.4. The third kappa shape index (κ3) is 2.33. The molecule has 0 N–H and O–H groups in total. The van der Waals surface area contributed by atoms with Gasteiger partial charge in [0, 0.05) is 0 Å². The SMILES string of the molecule is CCOC(=O)C1CC1c1ccc(Cl)c(Cl)c1. The van der Waals surface area contributed by atoms with Crippen LogP contribution in [0.15, 0.2) is 18.2 Å². The first-order chi connectivity index (χ1) is 7.63. The van der Waals surface area contributed by atoms with Gasteiger partial charge < -0.3 is 4.74 Å². The highest BCUT2D eigenvalue weighted by molar-refractivity contribution is 6.42. The van der Waals surface area contributed by atoms with Crippen molar-refractivity contribution in [2.75, 3.05) is 6.61 Å². The van der Waals surface area contributed by atoms with Crippen molar-refractivity contribution in [2.24, 2.45) is 5.92 Å². The lowest BCUT2D eigenvalue weighted by atomic mass is 10.1. The molecule has 16 heavy (non-hydrogen) atoms. The molecule has 4 heteroatoms. The van der Waals surface area contributed by atoms with Crippen LogP contribution < -0.4 is 0 Å². The van der Waals surface area contributed by atoms with E-state index >= 15 is 0 Å². The van der Waals surface area contributed by atoms with Crippen LogP contribution in [0.4, 0.5) is 0 Å². The van der Waals surface area contributed by atoms with Crippen LogP contribution >= 0.6 is 23.2 Å². The fourth-order valence-corrected chi connectivity index (χ4v) is 2.12. The average molecular weight is 259 g/mol. The molecule has 0 bridgehead atoms. The van der Waals surface area contributed by atoms with Crippen molar-refractivity contribution in [3.05, 3.63) is 33.8 Å². The molecule has 1 aromatic carbocycles. The molecule has 1 aromatic rings. The Morgan fingerprint density at radius 2 is 2.19 bits per heavy atom. The molecule has 2 rings (SSSR count). The van der Waals surface area contributed by atoms with E-state index in [4.69, 9.17) is 27.9 Å². The van der Waals surface area contributed by atoms with E-state index in [0.717, 1.165) is 12.0 Å². The third-order valence-corrected chi connectivity index (χ3v) is 3.49. The normalized spacial score (nSPS) is 22.9. The first-order valence-corrected chi connectivity index (χ1v) is 6.00. The van der Waals surface area contributed by atoms with E-state index in [2.05, 4.69) is 0 Å². The lowest BCUT2D eigenvalue weighted by Crippen LogP contribution is -2.07. The first kappa shape index (κ1) is 11.7. The van der Waals surface area contributed by atoms with Crippen molar-refractivity contribution in [2.45, 2.75) is 19.3 Å². The van der Waals surface area contributed by atoms with E-state index in [0.29, 0.717) is 16.7 Å². The summed E-state index contributed by atoms with van der Waals surface area (Å²) < 4.78 is 4.97. The predicted octanol–water partition coefficient (Wildman–Crippen LogP) is 3.66. The van der Waals surface area contributed by atoms with Gasteiger partial charge in [-0.15, -0.1) is 0 Å². The van der Waals surface area contributed by atoms with Gasteiger partial charge in [-0.2, -0.15) is 0 Å². The molecule has 0 aromatic heterocycles. The second-order valence-corrected chi connectivity index (χ2v) is 4.69. The lowest BCUT2D eigenvalue weighted by molar-refractivity contribution is -0.144. The van der Waals surface area contributed by atoms with Crippen LogP contribution in [0.2, 0.25) is 10.0 Å². The third-order valence-electron chi connectivity index (χ3n) is 2.75. The Kier molecular flexibility index (Phi) is 3.41. The fourth-order valence-electron chi connectivity index (χ4n) is 1.82. The molecular weight excluding hydrogens is 247 g/mol. The Bertz CT molecular complexity index is 417. The van der Waals surface area contributed by atoms with E-state index in [-0.39, 0.29) is 17.8 Å². The van der Waals surface area contributed by atoms with Crippen LogP contribution in [0.25, 0.3) is 0 Å². The molecule has 2 unspecified atom stereocenters. The van der Waals surface area contributed by atoms with Crippen LogP contribution in [0.5, 0.6) is 0 Å². The molecule has 1 saturated carbocycles. The lowest BCUT2D eigenvalue weighted by Gasteiger charge is -2.03. The summed E-state index contributed by atoms with van der Waals surface area (Å²) in [5, 5.41) is 1.08. The summed E-state index contributed by atoms with van der Waals surface area (Å²) in [6, 6.07) is 5.51. The van der Waals surface area contributed by atoms with Crippen LogP contribution in [-0.2, 0) is 9.53 Å². The summed E-state index contributed by atoms with van der Waals surface area (Å²) in [4.78, 5) is 11.5. The molecule has 86 valence electrons. The van der Waals surface area contributed by atoms with Crippen molar-refractivity contribution in [3.63, 3.8) is 0 Å². The van der Waals surface area contributed by atoms with Gasteiger partial charge in [0.25, 0.3) is 0 Å². The molecule has 2 atom stereocenters. The maximum atomic E-state index is 11.5. The second-order valence-electron chi connectivity index (χ2n) is 3.87. The standard InChI is InChI=1S/C12H12Cl2O2/c1-2-16-12(15)9-6-8(9)7-3-4-10(13)11(14)5-7/h3-5,8-9H,2,6H2,1H3. The number of carbonyl (C=O) groups excluding carboxylic acids is 1. The van der Waals surface area contributed by atoms with Crippen LogP contribution in [0, 0.1) is 5.92 Å². The minimum Gasteiger partial charge on any atom is -0.466 e. The second kappa shape index (κ2) is 4.64. The van der Waals surface area contributed by atoms with Crippen molar-refractivity contribution < 1.29 is 9.53 Å². The highest BCUT2D eigenvalue weighted by Gasteiger charge is 2.45. The molecule has 1 aliphatic rings. The number of carbonyl (C=O) groups is 1. The van der Waals surface area contributed by atoms with Crippen molar-refractivity contribution in [1.29, 1.82) is 0 Å². The molecule has 1 aliphatic carbocycles. The summed E-state index contributed by atoms with van der Waals surface area (Å²) in [6.45, 7) is 2.25. The van der Waals surface area contributed by atoms with Gasteiger partial charge in [0.1, 0.15) is 0 Å².